The monoisotopic (exact) mass is 172 g/mol. The Balaban J connectivity index is 4.21. The van der Waals surface area contributed by atoms with Crippen molar-refractivity contribution in [2.24, 2.45) is 0 Å². The van der Waals surface area contributed by atoms with Gasteiger partial charge in [0.15, 0.2) is 0 Å². The summed E-state index contributed by atoms with van der Waals surface area (Å²) in [6.07, 6.45) is 0.158. The Morgan fingerprint density at radius 2 is 2.00 bits per heavy atom. The molecule has 1 atom stereocenters. The Kier molecular flexibility index (Phi) is 6.34. The van der Waals surface area contributed by atoms with Gasteiger partial charge < -0.3 is 20.4 Å². The van der Waals surface area contributed by atoms with Crippen LogP contribution in [0.5, 0.6) is 0 Å². The van der Waals surface area contributed by atoms with Crippen LogP contribution in [0, 0.1) is 11.8 Å². The van der Waals surface area contributed by atoms with Crippen molar-refractivity contribution in [3.05, 3.63) is 11.6 Å². The van der Waals surface area contributed by atoms with Gasteiger partial charge >= 0.3 is 0 Å². The molecule has 1 unspecified atom stereocenters. The molecule has 4 nitrogen and oxygen atoms in total. The zero-order chi connectivity index (χ0) is 9.40. The minimum Gasteiger partial charge on any atom is -0.392 e. The first-order valence-electron chi connectivity index (χ1n) is 3.44. The molecule has 0 aliphatic heterocycles. The maximum absolute atomic E-state index is 9.15. The summed E-state index contributed by atoms with van der Waals surface area (Å²) >= 11 is 0. The molecule has 68 valence electrons. The van der Waals surface area contributed by atoms with Gasteiger partial charge in [0.2, 0.25) is 0 Å². The van der Waals surface area contributed by atoms with Gasteiger partial charge in [-0.15, -0.1) is 0 Å². The molecule has 12 heavy (non-hydrogen) atoms. The molecular formula is C8H12O4. The third-order valence-electron chi connectivity index (χ3n) is 1.21. The normalized spacial score (nSPS) is 13.5. The van der Waals surface area contributed by atoms with E-state index in [1.165, 1.54) is 6.08 Å². The van der Waals surface area contributed by atoms with Crippen LogP contribution in [-0.2, 0) is 0 Å². The van der Waals surface area contributed by atoms with E-state index in [9.17, 15) is 0 Å². The molecule has 4 heteroatoms. The number of hydrogen-bond donors (Lipinski definition) is 4. The van der Waals surface area contributed by atoms with Crippen LogP contribution in [0.3, 0.4) is 0 Å². The molecule has 0 rings (SSSR count). The van der Waals surface area contributed by atoms with Crippen molar-refractivity contribution >= 4 is 0 Å². The van der Waals surface area contributed by atoms with Gasteiger partial charge in [0.05, 0.1) is 13.2 Å². The molecule has 0 saturated carbocycles. The molecule has 0 bridgehead atoms. The topological polar surface area (TPSA) is 80.9 Å². The molecule has 4 N–H and O–H groups in total. The van der Waals surface area contributed by atoms with E-state index < -0.39 is 6.10 Å². The summed E-state index contributed by atoms with van der Waals surface area (Å²) in [5.41, 5.74) is 0.235. The average molecular weight is 172 g/mol. The maximum Gasteiger partial charge on any atom is 0.138 e. The predicted octanol–water partition coefficient (Wildman–Crippen LogP) is -1.75. The second kappa shape index (κ2) is 6.83. The van der Waals surface area contributed by atoms with E-state index in [-0.39, 0.29) is 25.4 Å². The van der Waals surface area contributed by atoms with E-state index in [1.54, 1.807) is 0 Å². The maximum atomic E-state index is 9.15. The zero-order valence-electron chi connectivity index (χ0n) is 6.56. The van der Waals surface area contributed by atoms with Crippen LogP contribution in [0.25, 0.3) is 0 Å². The summed E-state index contributed by atoms with van der Waals surface area (Å²) in [5, 5.41) is 34.5. The van der Waals surface area contributed by atoms with Crippen molar-refractivity contribution in [1.82, 2.24) is 0 Å². The quantitative estimate of drug-likeness (QED) is 0.301. The van der Waals surface area contributed by atoms with Crippen molar-refractivity contribution in [1.29, 1.82) is 0 Å². The molecule has 0 saturated heterocycles. The largest absolute Gasteiger partial charge is 0.392 e. The highest BCUT2D eigenvalue weighted by atomic mass is 16.3. The number of aliphatic hydroxyl groups excluding tert-OH is 4. The van der Waals surface area contributed by atoms with Gasteiger partial charge in [0.25, 0.3) is 0 Å². The van der Waals surface area contributed by atoms with E-state index in [1.807, 2.05) is 0 Å². The molecule has 0 aliphatic carbocycles. The Morgan fingerprint density at radius 3 is 2.42 bits per heavy atom. The van der Waals surface area contributed by atoms with Crippen LogP contribution >= 0.6 is 0 Å². The minimum absolute atomic E-state index is 0.235. The van der Waals surface area contributed by atoms with E-state index in [0.29, 0.717) is 0 Å². The smallest absolute Gasteiger partial charge is 0.138 e. The van der Waals surface area contributed by atoms with Crippen molar-refractivity contribution in [2.45, 2.75) is 6.10 Å². The first kappa shape index (κ1) is 11.1. The molecule has 0 aromatic rings. The molecule has 0 aromatic carbocycles. The van der Waals surface area contributed by atoms with Crippen molar-refractivity contribution in [2.75, 3.05) is 19.8 Å². The lowest BCUT2D eigenvalue weighted by Crippen LogP contribution is -2.11. The molecule has 0 amide bonds. The molecule has 0 radical (unpaired) electrons. The van der Waals surface area contributed by atoms with Gasteiger partial charge in [-0.05, 0) is 5.57 Å². The van der Waals surface area contributed by atoms with Crippen molar-refractivity contribution in [3.63, 3.8) is 0 Å². The van der Waals surface area contributed by atoms with Gasteiger partial charge in [-0.2, -0.15) is 0 Å². The van der Waals surface area contributed by atoms with Crippen LogP contribution in [-0.4, -0.2) is 46.4 Å². The first-order valence-corrected chi connectivity index (χ1v) is 3.44. The lowest BCUT2D eigenvalue weighted by molar-refractivity contribution is 0.229. The number of rotatable bonds is 3. The lowest BCUT2D eigenvalue weighted by atomic mass is 10.1. The third kappa shape index (κ3) is 4.11. The van der Waals surface area contributed by atoms with Crippen LogP contribution in [0.15, 0.2) is 11.6 Å². The van der Waals surface area contributed by atoms with Gasteiger partial charge in [-0.3, -0.25) is 0 Å². The van der Waals surface area contributed by atoms with E-state index in [2.05, 4.69) is 11.8 Å². The minimum atomic E-state index is -1.12. The van der Waals surface area contributed by atoms with Gasteiger partial charge in [0, 0.05) is 0 Å². The molecule has 0 aromatic heterocycles. The first-order chi connectivity index (χ1) is 5.76. The highest BCUT2D eigenvalue weighted by molar-refractivity contribution is 5.21. The summed E-state index contributed by atoms with van der Waals surface area (Å²) in [6.45, 7) is -0.954. The van der Waals surface area contributed by atoms with E-state index in [0.717, 1.165) is 0 Å². The number of aliphatic hydroxyl groups is 4. The van der Waals surface area contributed by atoms with E-state index in [4.69, 9.17) is 20.4 Å². The van der Waals surface area contributed by atoms with Crippen LogP contribution in [0.2, 0.25) is 0 Å². The fourth-order valence-corrected chi connectivity index (χ4v) is 0.615. The average Bonchev–Trinajstić information content (AvgIpc) is 2.10. The third-order valence-corrected chi connectivity index (χ3v) is 1.21. The predicted molar refractivity (Wildman–Crippen MR) is 43.1 cm³/mol. The molecule has 0 fully saturated rings. The Hall–Kier alpha value is -0.860. The molecular weight excluding hydrogens is 160 g/mol. The Morgan fingerprint density at radius 1 is 1.33 bits per heavy atom. The van der Waals surface area contributed by atoms with E-state index >= 15 is 0 Å². The lowest BCUT2D eigenvalue weighted by Gasteiger charge is -2.04. The molecule has 0 aliphatic rings. The van der Waals surface area contributed by atoms with Crippen molar-refractivity contribution < 1.29 is 20.4 Å². The summed E-state index contributed by atoms with van der Waals surface area (Å²) < 4.78 is 0. The highest BCUT2D eigenvalue weighted by Gasteiger charge is 2.04. The fraction of sp³-hybridized carbons (Fsp3) is 0.500. The SMILES string of the molecule is OCC#CC(O)C(=CCO)CO. The highest BCUT2D eigenvalue weighted by Crippen LogP contribution is 1.99. The second-order valence-corrected chi connectivity index (χ2v) is 2.00. The van der Waals surface area contributed by atoms with Crippen molar-refractivity contribution in [3.8, 4) is 11.8 Å². The molecule has 0 spiro atoms. The fourth-order valence-electron chi connectivity index (χ4n) is 0.615. The van der Waals surface area contributed by atoms with Gasteiger partial charge in [-0.1, -0.05) is 17.9 Å². The van der Waals surface area contributed by atoms with Gasteiger partial charge in [-0.25, -0.2) is 0 Å². The second-order valence-electron chi connectivity index (χ2n) is 2.00. The number of hydrogen-bond acceptors (Lipinski definition) is 4. The van der Waals surface area contributed by atoms with Crippen LogP contribution in [0.1, 0.15) is 0 Å². The zero-order valence-corrected chi connectivity index (χ0v) is 6.56. The van der Waals surface area contributed by atoms with Crippen LogP contribution < -0.4 is 0 Å². The summed E-state index contributed by atoms with van der Waals surface area (Å²) in [7, 11) is 0. The van der Waals surface area contributed by atoms with Gasteiger partial charge in [0.1, 0.15) is 12.7 Å². The summed E-state index contributed by atoms with van der Waals surface area (Å²) in [5.74, 6) is 4.53. The Labute approximate surface area is 70.8 Å². The standard InChI is InChI=1S/C8H12O4/c9-4-1-2-8(12)7(6-11)3-5-10/h3,8-12H,4-6H2. The summed E-state index contributed by atoms with van der Waals surface area (Å²) in [6, 6.07) is 0. The summed E-state index contributed by atoms with van der Waals surface area (Å²) in [4.78, 5) is 0. The molecule has 0 heterocycles. The Bertz CT molecular complexity index is 199. The van der Waals surface area contributed by atoms with Crippen LogP contribution in [0.4, 0.5) is 0 Å².